The number of likely N-dealkylation sites (N-methyl/N-ethyl adjacent to an activating group) is 2. The van der Waals surface area contributed by atoms with Gasteiger partial charge in [-0.15, -0.1) is 0 Å². The smallest absolute Gasteiger partial charge is 0.294 e. The van der Waals surface area contributed by atoms with Gasteiger partial charge in [-0.05, 0) is 38.6 Å². The summed E-state index contributed by atoms with van der Waals surface area (Å²) in [5.74, 6) is 0.247. The Morgan fingerprint density at radius 2 is 1.97 bits per heavy atom. The van der Waals surface area contributed by atoms with Crippen molar-refractivity contribution in [2.75, 3.05) is 44.4 Å². The van der Waals surface area contributed by atoms with Gasteiger partial charge < -0.3 is 19.7 Å². The topological polar surface area (TPSA) is 92.4 Å². The first-order chi connectivity index (χ1) is 17.7. The van der Waals surface area contributed by atoms with Crippen molar-refractivity contribution in [3.8, 4) is 11.3 Å². The van der Waals surface area contributed by atoms with E-state index in [-0.39, 0.29) is 11.6 Å². The van der Waals surface area contributed by atoms with Crippen molar-refractivity contribution >= 4 is 57.1 Å². The van der Waals surface area contributed by atoms with Crippen molar-refractivity contribution in [1.82, 2.24) is 19.4 Å². The zero-order chi connectivity index (χ0) is 26.3. The van der Waals surface area contributed by atoms with Gasteiger partial charge in [-0.3, -0.25) is 10.1 Å². The zero-order valence-corrected chi connectivity index (χ0v) is 22.3. The minimum absolute atomic E-state index is 0.0589. The van der Waals surface area contributed by atoms with E-state index in [2.05, 4.69) is 39.3 Å². The Labute approximate surface area is 224 Å². The van der Waals surface area contributed by atoms with Crippen molar-refractivity contribution in [1.29, 1.82) is 0 Å². The van der Waals surface area contributed by atoms with Crippen LogP contribution in [0.15, 0.2) is 42.7 Å². The second-order valence-electron chi connectivity index (χ2n) is 9.47. The predicted molar refractivity (Wildman–Crippen MR) is 150 cm³/mol. The number of anilines is 3. The molecule has 2 aromatic heterocycles. The molecule has 0 saturated heterocycles. The molecule has 0 atom stereocenters. The second-order valence-corrected chi connectivity index (χ2v) is 10.3. The molecule has 11 heteroatoms. The average molecular weight is 540 g/mol. The quantitative estimate of drug-likeness (QED) is 0.216. The average Bonchev–Trinajstić information content (AvgIpc) is 3.25. The first kappa shape index (κ1) is 25.3. The lowest BCUT2D eigenvalue weighted by molar-refractivity contribution is -0.384. The molecule has 3 heterocycles. The molecule has 1 aliphatic rings. The maximum absolute atomic E-state index is 11.9. The van der Waals surface area contributed by atoms with E-state index in [4.69, 9.17) is 28.2 Å². The van der Waals surface area contributed by atoms with Gasteiger partial charge in [-0.1, -0.05) is 41.4 Å². The van der Waals surface area contributed by atoms with Gasteiger partial charge in [0.25, 0.3) is 5.69 Å². The van der Waals surface area contributed by atoms with Crippen LogP contribution in [0.1, 0.15) is 12.0 Å². The number of nitro benzene ring substituents is 1. The van der Waals surface area contributed by atoms with Gasteiger partial charge in [0.1, 0.15) is 5.69 Å². The Kier molecular flexibility index (Phi) is 6.94. The highest BCUT2D eigenvalue weighted by Gasteiger charge is 2.23. The summed E-state index contributed by atoms with van der Waals surface area (Å²) in [7, 11) is 5.71. The molecule has 1 N–H and O–H groups in total. The van der Waals surface area contributed by atoms with Crippen LogP contribution in [0.25, 0.3) is 22.2 Å². The van der Waals surface area contributed by atoms with Gasteiger partial charge in [-0.25, -0.2) is 9.97 Å². The van der Waals surface area contributed by atoms with E-state index in [9.17, 15) is 10.1 Å². The summed E-state index contributed by atoms with van der Waals surface area (Å²) < 4.78 is 2.25. The lowest BCUT2D eigenvalue weighted by Crippen LogP contribution is -2.28. The van der Waals surface area contributed by atoms with Crippen LogP contribution < -0.4 is 10.2 Å². The van der Waals surface area contributed by atoms with Crippen LogP contribution >= 0.6 is 23.2 Å². The number of benzene rings is 2. The molecule has 9 nitrogen and oxygen atoms in total. The van der Waals surface area contributed by atoms with E-state index in [1.165, 1.54) is 23.3 Å². The minimum Gasteiger partial charge on any atom is -0.368 e. The molecule has 0 fully saturated rings. The Bertz CT molecular complexity index is 1500. The lowest BCUT2D eigenvalue weighted by atomic mass is 10.0. The third-order valence-electron chi connectivity index (χ3n) is 6.63. The molecule has 0 spiro atoms. The first-order valence-electron chi connectivity index (χ1n) is 12.0. The van der Waals surface area contributed by atoms with Crippen molar-refractivity contribution in [2.45, 2.75) is 19.4 Å². The van der Waals surface area contributed by atoms with Gasteiger partial charge in [-0.2, -0.15) is 0 Å². The van der Waals surface area contributed by atoms with Crippen LogP contribution in [0.2, 0.25) is 10.0 Å². The third kappa shape index (κ3) is 4.94. The number of aromatic nitrogens is 3. The summed E-state index contributed by atoms with van der Waals surface area (Å²) in [6.45, 7) is 2.29. The molecule has 0 amide bonds. The van der Waals surface area contributed by atoms with E-state index < -0.39 is 4.92 Å². The van der Waals surface area contributed by atoms with Gasteiger partial charge in [0.05, 0.1) is 38.1 Å². The maximum atomic E-state index is 11.9. The number of hydrogen-bond donors (Lipinski definition) is 1. The Morgan fingerprint density at radius 1 is 1.16 bits per heavy atom. The molecule has 0 unspecified atom stereocenters. The predicted octanol–water partition coefficient (Wildman–Crippen LogP) is 6.00. The molecule has 0 radical (unpaired) electrons. The Morgan fingerprint density at radius 3 is 2.73 bits per heavy atom. The summed E-state index contributed by atoms with van der Waals surface area (Å²) in [5.41, 5.74) is 4.75. The fraction of sp³-hybridized carbons (Fsp3) is 0.308. The van der Waals surface area contributed by atoms with Crippen molar-refractivity contribution in [3.63, 3.8) is 0 Å². The number of nitrogens with zero attached hydrogens (tertiary/aromatic N) is 6. The summed E-state index contributed by atoms with van der Waals surface area (Å²) >= 11 is 13.1. The van der Waals surface area contributed by atoms with Crippen molar-refractivity contribution in [2.24, 2.45) is 0 Å². The van der Waals surface area contributed by atoms with E-state index in [0.717, 1.165) is 36.9 Å². The molecule has 0 bridgehead atoms. The maximum Gasteiger partial charge on any atom is 0.294 e. The van der Waals surface area contributed by atoms with Crippen molar-refractivity contribution in [3.05, 3.63) is 68.4 Å². The van der Waals surface area contributed by atoms with E-state index in [0.29, 0.717) is 33.7 Å². The Balaban J connectivity index is 1.51. The summed E-state index contributed by atoms with van der Waals surface area (Å²) in [5, 5.41) is 16.8. The molecule has 4 aromatic rings. The Hall–Kier alpha value is -3.40. The van der Waals surface area contributed by atoms with E-state index in [1.54, 1.807) is 6.07 Å². The fourth-order valence-electron chi connectivity index (χ4n) is 4.75. The first-order valence-corrected chi connectivity index (χ1v) is 12.7. The molecular weight excluding hydrogens is 513 g/mol. The monoisotopic (exact) mass is 539 g/mol. The summed E-state index contributed by atoms with van der Waals surface area (Å²) in [6, 6.07) is 9.31. The van der Waals surface area contributed by atoms with Crippen LogP contribution in [0, 0.1) is 10.1 Å². The van der Waals surface area contributed by atoms with Gasteiger partial charge in [0.15, 0.2) is 0 Å². The molecule has 2 aromatic carbocycles. The number of para-hydroxylation sites is 1. The van der Waals surface area contributed by atoms with Gasteiger partial charge in [0.2, 0.25) is 5.95 Å². The molecule has 192 valence electrons. The number of rotatable bonds is 8. The lowest BCUT2D eigenvalue weighted by Gasteiger charge is -2.22. The van der Waals surface area contributed by atoms with Crippen LogP contribution in [-0.2, 0) is 13.0 Å². The van der Waals surface area contributed by atoms with Crippen LogP contribution in [0.3, 0.4) is 0 Å². The molecule has 1 aliphatic heterocycles. The third-order valence-corrected chi connectivity index (χ3v) is 7.22. The number of nitro groups is 1. The van der Waals surface area contributed by atoms with Crippen LogP contribution in [-0.4, -0.2) is 58.6 Å². The van der Waals surface area contributed by atoms with E-state index in [1.807, 2.05) is 30.9 Å². The number of nitrogens with one attached hydrogen (secondary N) is 1. The standard InChI is InChI=1S/C26H27Cl2N7O2/c1-32(2)10-11-33(3)22-12-19(27)21(13-23(22)35(36)37)30-26-29-14-20(28)24(31-26)18-15-34-9-5-7-16-6-4-8-17(18)25(16)34/h4,6,8,12-15H,5,7,9-11H2,1-3H3,(H,29,30,31). The molecule has 37 heavy (non-hydrogen) atoms. The number of aryl methyl sites for hydroxylation is 2. The molecule has 5 rings (SSSR count). The minimum atomic E-state index is -0.412. The van der Waals surface area contributed by atoms with Gasteiger partial charge in [0, 0.05) is 49.9 Å². The normalized spacial score (nSPS) is 12.8. The molecule has 0 aliphatic carbocycles. The van der Waals surface area contributed by atoms with Crippen LogP contribution in [0.5, 0.6) is 0 Å². The highest BCUT2D eigenvalue weighted by Crippen LogP contribution is 2.39. The largest absolute Gasteiger partial charge is 0.368 e. The summed E-state index contributed by atoms with van der Waals surface area (Å²) in [6.07, 6.45) is 5.75. The highest BCUT2D eigenvalue weighted by molar-refractivity contribution is 6.34. The number of halogens is 2. The number of hydrogen-bond acceptors (Lipinski definition) is 7. The molecular formula is C26H27Cl2N7O2. The van der Waals surface area contributed by atoms with Crippen molar-refractivity contribution < 1.29 is 4.92 Å². The van der Waals surface area contributed by atoms with E-state index >= 15 is 0 Å². The fourth-order valence-corrected chi connectivity index (χ4v) is 5.15. The SMILES string of the molecule is CN(C)CCN(C)c1cc(Cl)c(Nc2ncc(Cl)c(-c3cn4c5c(cccc35)CCC4)n2)cc1[N+](=O)[O-]. The zero-order valence-electron chi connectivity index (χ0n) is 20.8. The summed E-state index contributed by atoms with van der Waals surface area (Å²) in [4.78, 5) is 24.3. The van der Waals surface area contributed by atoms with Crippen LogP contribution in [0.4, 0.5) is 23.0 Å². The second kappa shape index (κ2) is 10.2. The van der Waals surface area contributed by atoms with Gasteiger partial charge >= 0.3 is 0 Å². The highest BCUT2D eigenvalue weighted by atomic mass is 35.5. The molecule has 0 saturated carbocycles.